The van der Waals surface area contributed by atoms with Gasteiger partial charge in [-0.15, -0.1) is 0 Å². The van der Waals surface area contributed by atoms with Crippen LogP contribution in [-0.4, -0.2) is 76.4 Å². The van der Waals surface area contributed by atoms with Crippen molar-refractivity contribution < 1.29 is 14.3 Å². The Bertz CT molecular complexity index is 1140. The third-order valence-electron chi connectivity index (χ3n) is 6.34. The van der Waals surface area contributed by atoms with E-state index in [-0.39, 0.29) is 12.1 Å². The zero-order valence-corrected chi connectivity index (χ0v) is 19.2. The van der Waals surface area contributed by atoms with E-state index in [1.807, 2.05) is 12.1 Å². The third kappa shape index (κ3) is 4.93. The van der Waals surface area contributed by atoms with Crippen LogP contribution in [0.25, 0.3) is 5.52 Å². The number of rotatable bonds is 6. The Balaban J connectivity index is 1.33. The summed E-state index contributed by atoms with van der Waals surface area (Å²) >= 11 is 0. The highest BCUT2D eigenvalue weighted by Crippen LogP contribution is 2.29. The van der Waals surface area contributed by atoms with Gasteiger partial charge in [-0.1, -0.05) is 29.8 Å². The van der Waals surface area contributed by atoms with Crippen LogP contribution in [0.5, 0.6) is 0 Å². The van der Waals surface area contributed by atoms with Gasteiger partial charge in [0.25, 0.3) is 5.91 Å². The molecule has 1 aromatic carbocycles. The van der Waals surface area contributed by atoms with Crippen LogP contribution >= 0.6 is 0 Å². The van der Waals surface area contributed by atoms with Crippen molar-refractivity contribution in [2.75, 3.05) is 32.9 Å². The lowest BCUT2D eigenvalue weighted by Gasteiger charge is -2.49. The van der Waals surface area contributed by atoms with Crippen molar-refractivity contribution in [3.05, 3.63) is 65.7 Å². The molecular formula is C24H29N7O3. The van der Waals surface area contributed by atoms with E-state index in [0.29, 0.717) is 38.2 Å². The van der Waals surface area contributed by atoms with E-state index in [2.05, 4.69) is 49.9 Å². The molecule has 2 unspecified atom stereocenters. The van der Waals surface area contributed by atoms with Crippen molar-refractivity contribution in [3.8, 4) is 0 Å². The van der Waals surface area contributed by atoms with Gasteiger partial charge in [0.05, 0.1) is 43.3 Å². The second-order valence-electron chi connectivity index (χ2n) is 8.71. The Morgan fingerprint density at radius 1 is 1.26 bits per heavy atom. The smallest absolute Gasteiger partial charge is 0.254 e. The average Bonchev–Trinajstić information content (AvgIpc) is 3.30. The van der Waals surface area contributed by atoms with Gasteiger partial charge in [0.15, 0.2) is 0 Å². The van der Waals surface area contributed by atoms with E-state index in [0.717, 1.165) is 24.2 Å². The van der Waals surface area contributed by atoms with Crippen molar-refractivity contribution in [2.24, 2.45) is 5.10 Å². The number of hydrogen-bond acceptors (Lipinski definition) is 8. The number of benzene rings is 1. The summed E-state index contributed by atoms with van der Waals surface area (Å²) in [5.41, 5.74) is 6.06. The Morgan fingerprint density at radius 3 is 2.97 bits per heavy atom. The molecule has 0 bridgehead atoms. The summed E-state index contributed by atoms with van der Waals surface area (Å²) < 4.78 is 13.2. The van der Waals surface area contributed by atoms with Gasteiger partial charge in [-0.25, -0.2) is 9.50 Å². The van der Waals surface area contributed by atoms with Gasteiger partial charge in [0, 0.05) is 32.1 Å². The molecule has 0 spiro atoms. The molecule has 3 aromatic rings. The normalized spacial score (nSPS) is 23.9. The summed E-state index contributed by atoms with van der Waals surface area (Å²) in [6.07, 6.45) is 7.53. The van der Waals surface area contributed by atoms with Crippen LogP contribution in [0.4, 0.5) is 0 Å². The number of fused-ring (bicyclic) bond motifs is 1. The molecule has 34 heavy (non-hydrogen) atoms. The lowest BCUT2D eigenvalue weighted by molar-refractivity contribution is -0.117. The van der Waals surface area contributed by atoms with Crippen LogP contribution in [-0.2, 0) is 9.47 Å². The maximum absolute atomic E-state index is 13.3. The fourth-order valence-corrected chi connectivity index (χ4v) is 4.61. The van der Waals surface area contributed by atoms with E-state index >= 15 is 0 Å². The molecule has 2 aliphatic rings. The molecule has 0 radical (unpaired) electrons. The predicted octanol–water partition coefficient (Wildman–Crippen LogP) is 1.56. The predicted molar refractivity (Wildman–Crippen MR) is 126 cm³/mol. The van der Waals surface area contributed by atoms with E-state index in [9.17, 15) is 4.79 Å². The number of ether oxygens (including phenoxy) is 2. The zero-order valence-electron chi connectivity index (χ0n) is 19.2. The summed E-state index contributed by atoms with van der Waals surface area (Å²) in [6.45, 7) is 5.29. The van der Waals surface area contributed by atoms with Crippen molar-refractivity contribution in [2.45, 2.75) is 31.7 Å². The molecule has 10 heteroatoms. The highest BCUT2D eigenvalue weighted by molar-refractivity contribution is 5.96. The molecule has 0 saturated carbocycles. The molecule has 4 heterocycles. The maximum atomic E-state index is 13.3. The van der Waals surface area contributed by atoms with Crippen molar-refractivity contribution >= 4 is 17.6 Å². The van der Waals surface area contributed by atoms with Crippen molar-refractivity contribution in [3.63, 3.8) is 0 Å². The number of carbonyl (C=O) groups excluding carboxylic acids is 1. The van der Waals surface area contributed by atoms with Crippen LogP contribution in [0.1, 0.15) is 34.3 Å². The van der Waals surface area contributed by atoms with Crippen molar-refractivity contribution in [1.29, 1.82) is 0 Å². The summed E-state index contributed by atoms with van der Waals surface area (Å²) in [4.78, 5) is 19.7. The number of aromatic nitrogens is 3. The fraction of sp³-hybridized carbons (Fsp3) is 0.417. The van der Waals surface area contributed by atoms with E-state index in [1.54, 1.807) is 29.2 Å². The van der Waals surface area contributed by atoms with Crippen LogP contribution in [0.15, 0.2) is 54.2 Å². The summed E-state index contributed by atoms with van der Waals surface area (Å²) in [6, 6.07) is 9.92. The van der Waals surface area contributed by atoms with E-state index in [1.165, 1.54) is 11.9 Å². The minimum Gasteiger partial charge on any atom is -0.379 e. The van der Waals surface area contributed by atoms with Gasteiger partial charge in [-0.3, -0.25) is 15.1 Å². The first-order chi connectivity index (χ1) is 16.6. The SMILES string of the molecule is Cc1cccc(/C=N/NC2CC(NC(=O)c3cc4cncnn4c3)(N3CCOCC3)CCO2)c1. The van der Waals surface area contributed by atoms with Gasteiger partial charge < -0.3 is 14.8 Å². The molecule has 178 valence electrons. The summed E-state index contributed by atoms with van der Waals surface area (Å²) in [7, 11) is 0. The molecule has 2 saturated heterocycles. The van der Waals surface area contributed by atoms with Crippen LogP contribution in [0.2, 0.25) is 0 Å². The number of aryl methyl sites for hydroxylation is 1. The summed E-state index contributed by atoms with van der Waals surface area (Å²) in [5.74, 6) is -0.152. The topological polar surface area (TPSA) is 105 Å². The zero-order chi connectivity index (χ0) is 23.4. The lowest BCUT2D eigenvalue weighted by atomic mass is 9.95. The van der Waals surface area contributed by atoms with E-state index in [4.69, 9.17) is 9.47 Å². The molecular weight excluding hydrogens is 434 g/mol. The molecule has 10 nitrogen and oxygen atoms in total. The van der Waals surface area contributed by atoms with Crippen LogP contribution < -0.4 is 10.7 Å². The van der Waals surface area contributed by atoms with Crippen LogP contribution in [0, 0.1) is 6.92 Å². The van der Waals surface area contributed by atoms with Gasteiger partial charge in [-0.05, 0) is 18.6 Å². The first kappa shape index (κ1) is 22.5. The Morgan fingerprint density at radius 2 is 2.15 bits per heavy atom. The molecule has 2 aliphatic heterocycles. The molecule has 0 aliphatic carbocycles. The standard InChI is InChI=1S/C24H29N7O3/c1-18-3-2-4-19(11-18)14-26-29-22-13-24(5-8-34-22,30-6-9-33-10-7-30)28-23(32)20-12-21-15-25-17-27-31(21)16-20/h2-4,11-12,14-17,22,29H,5-10,13H2,1H3,(H,28,32)/b26-14+. The second kappa shape index (κ2) is 9.88. The van der Waals surface area contributed by atoms with Gasteiger partial charge in [0.1, 0.15) is 18.2 Å². The van der Waals surface area contributed by atoms with Gasteiger partial charge in [0.2, 0.25) is 0 Å². The largest absolute Gasteiger partial charge is 0.379 e. The Hall–Kier alpha value is -3.34. The first-order valence-corrected chi connectivity index (χ1v) is 11.5. The maximum Gasteiger partial charge on any atom is 0.254 e. The number of hydrazone groups is 1. The molecule has 2 fully saturated rings. The molecule has 2 N–H and O–H groups in total. The van der Waals surface area contributed by atoms with Crippen LogP contribution in [0.3, 0.4) is 0 Å². The fourth-order valence-electron chi connectivity index (χ4n) is 4.61. The average molecular weight is 464 g/mol. The molecule has 5 rings (SSSR count). The monoisotopic (exact) mass is 463 g/mol. The number of amides is 1. The molecule has 2 atom stereocenters. The molecule has 2 aromatic heterocycles. The van der Waals surface area contributed by atoms with Gasteiger partial charge >= 0.3 is 0 Å². The minimum absolute atomic E-state index is 0.152. The highest BCUT2D eigenvalue weighted by atomic mass is 16.5. The Kier molecular flexibility index (Phi) is 6.52. The highest BCUT2D eigenvalue weighted by Gasteiger charge is 2.44. The van der Waals surface area contributed by atoms with Crippen molar-refractivity contribution in [1.82, 2.24) is 30.2 Å². The number of carbonyl (C=O) groups is 1. The third-order valence-corrected chi connectivity index (χ3v) is 6.34. The molecule has 1 amide bonds. The lowest BCUT2D eigenvalue weighted by Crippen LogP contribution is -2.67. The number of morpholine rings is 1. The van der Waals surface area contributed by atoms with Gasteiger partial charge in [-0.2, -0.15) is 10.2 Å². The minimum atomic E-state index is -0.574. The number of nitrogens with zero attached hydrogens (tertiary/aromatic N) is 5. The summed E-state index contributed by atoms with van der Waals surface area (Å²) in [5, 5.41) is 11.9. The first-order valence-electron chi connectivity index (χ1n) is 11.5. The quantitative estimate of drug-likeness (QED) is 0.422. The number of hydrogen-bond donors (Lipinski definition) is 2. The number of nitrogens with one attached hydrogen (secondary N) is 2. The Labute approximate surface area is 197 Å². The van der Waals surface area contributed by atoms with E-state index < -0.39 is 5.66 Å². The second-order valence-corrected chi connectivity index (χ2v) is 8.71.